The van der Waals surface area contributed by atoms with Crippen LogP contribution in [0.2, 0.25) is 0 Å². The Morgan fingerprint density at radius 1 is 1.07 bits per heavy atom. The Morgan fingerprint density at radius 2 is 1.68 bits per heavy atom. The second-order valence-corrected chi connectivity index (χ2v) is 8.14. The number of nitro groups is 1. The van der Waals surface area contributed by atoms with Crippen molar-refractivity contribution in [3.8, 4) is 0 Å². The van der Waals surface area contributed by atoms with Crippen LogP contribution >= 0.6 is 11.3 Å². The Kier molecular flexibility index (Phi) is 7.28. The van der Waals surface area contributed by atoms with Crippen LogP contribution in [0.4, 0.5) is 5.00 Å². The maximum absolute atomic E-state index is 12.3. The molecule has 0 bridgehead atoms. The van der Waals surface area contributed by atoms with Crippen LogP contribution in [0.5, 0.6) is 0 Å². The average Bonchev–Trinajstić information content (AvgIpc) is 3.14. The van der Waals surface area contributed by atoms with Crippen LogP contribution in [0.25, 0.3) is 0 Å². The van der Waals surface area contributed by atoms with Crippen molar-refractivity contribution in [3.63, 3.8) is 0 Å². The first-order chi connectivity index (χ1) is 13.2. The summed E-state index contributed by atoms with van der Waals surface area (Å²) in [5, 5.41) is 13.4. The summed E-state index contributed by atoms with van der Waals surface area (Å²) in [5.41, 5.74) is 2.20. The third kappa shape index (κ3) is 5.63. The molecule has 28 heavy (non-hydrogen) atoms. The predicted octanol–water partition coefficient (Wildman–Crippen LogP) is 4.45. The highest BCUT2D eigenvalue weighted by molar-refractivity contribution is 7.17. The molecule has 8 heteroatoms. The number of amides is 1. The Hall–Kier alpha value is -2.74. The van der Waals surface area contributed by atoms with Gasteiger partial charge in [0.05, 0.1) is 11.0 Å². The smallest absolute Gasteiger partial charge is 0.349 e. The number of ether oxygens (including phenoxy) is 1. The average molecular weight is 404 g/mol. The Bertz CT molecular complexity index is 843. The molecule has 0 saturated carbocycles. The van der Waals surface area contributed by atoms with Gasteiger partial charge in [-0.15, -0.1) is 0 Å². The van der Waals surface area contributed by atoms with Crippen LogP contribution in [0.15, 0.2) is 36.4 Å². The van der Waals surface area contributed by atoms with E-state index in [0.717, 1.165) is 5.56 Å². The van der Waals surface area contributed by atoms with Gasteiger partial charge in [0.1, 0.15) is 4.88 Å². The van der Waals surface area contributed by atoms with E-state index >= 15 is 0 Å². The van der Waals surface area contributed by atoms with Gasteiger partial charge in [-0.3, -0.25) is 14.9 Å². The Morgan fingerprint density at radius 3 is 2.18 bits per heavy atom. The number of esters is 1. The van der Waals surface area contributed by atoms with Crippen molar-refractivity contribution >= 4 is 28.2 Å². The van der Waals surface area contributed by atoms with Crippen LogP contribution in [0.3, 0.4) is 0 Å². The summed E-state index contributed by atoms with van der Waals surface area (Å²) in [7, 11) is 0. The number of thiophene rings is 1. The third-order valence-corrected chi connectivity index (χ3v) is 5.27. The number of hydrogen-bond donors (Lipinski definition) is 1. The van der Waals surface area contributed by atoms with Gasteiger partial charge in [0.2, 0.25) is 0 Å². The third-order valence-electron chi connectivity index (χ3n) is 4.25. The first-order valence-corrected chi connectivity index (χ1v) is 9.81. The number of carbonyl (C=O) groups is 2. The highest BCUT2D eigenvalue weighted by atomic mass is 32.1. The standard InChI is InChI=1S/C20H24N2O5S/c1-12(2)14-5-7-15(8-6-14)19(13(3)4)21-17(23)11-27-20(24)16-9-10-18(28-16)22(25)26/h5-10,12-13,19H,11H2,1-4H3,(H,21,23)/t19-/m0/s1. The number of nitrogens with zero attached hydrogens (tertiary/aromatic N) is 1. The molecular formula is C20H24N2O5S. The molecule has 1 atom stereocenters. The molecule has 150 valence electrons. The van der Waals surface area contributed by atoms with E-state index in [0.29, 0.717) is 17.3 Å². The van der Waals surface area contributed by atoms with Gasteiger partial charge in [-0.2, -0.15) is 0 Å². The van der Waals surface area contributed by atoms with Gasteiger partial charge in [0, 0.05) is 6.07 Å². The highest BCUT2D eigenvalue weighted by Gasteiger charge is 2.21. The summed E-state index contributed by atoms with van der Waals surface area (Å²) < 4.78 is 4.99. The van der Waals surface area contributed by atoms with Crippen LogP contribution in [0.1, 0.15) is 60.5 Å². The van der Waals surface area contributed by atoms with Gasteiger partial charge in [0.15, 0.2) is 6.61 Å². The van der Waals surface area contributed by atoms with E-state index in [9.17, 15) is 19.7 Å². The zero-order valence-electron chi connectivity index (χ0n) is 16.3. The van der Waals surface area contributed by atoms with E-state index in [4.69, 9.17) is 4.74 Å². The molecule has 1 amide bonds. The molecule has 0 aliphatic rings. The van der Waals surface area contributed by atoms with Crippen molar-refractivity contribution in [2.45, 2.75) is 39.7 Å². The van der Waals surface area contributed by atoms with Crippen molar-refractivity contribution in [2.75, 3.05) is 6.61 Å². The molecule has 0 unspecified atom stereocenters. The topological polar surface area (TPSA) is 98.5 Å². The van der Waals surface area contributed by atoms with E-state index in [1.54, 1.807) is 0 Å². The molecule has 0 fully saturated rings. The fourth-order valence-corrected chi connectivity index (χ4v) is 3.39. The largest absolute Gasteiger partial charge is 0.451 e. The molecular weight excluding hydrogens is 380 g/mol. The molecule has 0 aliphatic heterocycles. The second-order valence-electron chi connectivity index (χ2n) is 7.08. The van der Waals surface area contributed by atoms with Crippen molar-refractivity contribution in [2.24, 2.45) is 5.92 Å². The van der Waals surface area contributed by atoms with Crippen molar-refractivity contribution in [1.82, 2.24) is 5.32 Å². The lowest BCUT2D eigenvalue weighted by molar-refractivity contribution is -0.380. The molecule has 1 aromatic heterocycles. The monoisotopic (exact) mass is 404 g/mol. The predicted molar refractivity (Wildman–Crippen MR) is 108 cm³/mol. The molecule has 0 saturated heterocycles. The number of benzene rings is 1. The quantitative estimate of drug-likeness (QED) is 0.398. The van der Waals surface area contributed by atoms with E-state index in [2.05, 4.69) is 19.2 Å². The van der Waals surface area contributed by atoms with Crippen LogP contribution in [0, 0.1) is 16.0 Å². The molecule has 2 aromatic rings. The SMILES string of the molecule is CC(C)c1ccc([C@@H](NC(=O)COC(=O)c2ccc([N+](=O)[O-])s2)C(C)C)cc1. The summed E-state index contributed by atoms with van der Waals surface area (Å²) in [6, 6.07) is 10.4. The maximum Gasteiger partial charge on any atom is 0.349 e. The molecule has 0 radical (unpaired) electrons. The number of rotatable bonds is 8. The lowest BCUT2D eigenvalue weighted by Crippen LogP contribution is -2.35. The fourth-order valence-electron chi connectivity index (χ4n) is 2.68. The minimum absolute atomic E-state index is 0.0872. The minimum Gasteiger partial charge on any atom is -0.451 e. The lowest BCUT2D eigenvalue weighted by Gasteiger charge is -2.23. The van der Waals surface area contributed by atoms with Gasteiger partial charge in [-0.1, -0.05) is 63.3 Å². The fraction of sp³-hybridized carbons (Fsp3) is 0.400. The molecule has 1 heterocycles. The first kappa shape index (κ1) is 21.6. The molecule has 1 aromatic carbocycles. The molecule has 2 rings (SSSR count). The van der Waals surface area contributed by atoms with E-state index < -0.39 is 23.4 Å². The highest BCUT2D eigenvalue weighted by Crippen LogP contribution is 2.25. The van der Waals surface area contributed by atoms with E-state index in [1.807, 2.05) is 38.1 Å². The molecule has 7 nitrogen and oxygen atoms in total. The van der Waals surface area contributed by atoms with E-state index in [1.165, 1.54) is 17.7 Å². The zero-order chi connectivity index (χ0) is 20.8. The van der Waals surface area contributed by atoms with Gasteiger partial charge in [-0.25, -0.2) is 4.79 Å². The van der Waals surface area contributed by atoms with Gasteiger partial charge in [-0.05, 0) is 29.0 Å². The van der Waals surface area contributed by atoms with Crippen molar-refractivity contribution in [1.29, 1.82) is 0 Å². The van der Waals surface area contributed by atoms with Crippen LogP contribution in [-0.2, 0) is 9.53 Å². The summed E-state index contributed by atoms with van der Waals surface area (Å²) in [5.74, 6) is -0.611. The zero-order valence-corrected chi connectivity index (χ0v) is 17.1. The first-order valence-electron chi connectivity index (χ1n) is 8.99. The van der Waals surface area contributed by atoms with Crippen molar-refractivity contribution in [3.05, 3.63) is 62.5 Å². The summed E-state index contributed by atoms with van der Waals surface area (Å²) >= 11 is 0.715. The van der Waals surface area contributed by atoms with Crippen LogP contribution in [-0.4, -0.2) is 23.4 Å². The van der Waals surface area contributed by atoms with Crippen LogP contribution < -0.4 is 5.32 Å². The maximum atomic E-state index is 12.3. The van der Waals surface area contributed by atoms with Gasteiger partial charge < -0.3 is 10.1 Å². The van der Waals surface area contributed by atoms with E-state index in [-0.39, 0.29) is 21.8 Å². The summed E-state index contributed by atoms with van der Waals surface area (Å²) in [6.45, 7) is 7.79. The number of carbonyl (C=O) groups excluding carboxylic acids is 2. The lowest BCUT2D eigenvalue weighted by atomic mass is 9.93. The molecule has 0 aliphatic carbocycles. The Labute approximate surface area is 167 Å². The van der Waals surface area contributed by atoms with Gasteiger partial charge >= 0.3 is 11.0 Å². The summed E-state index contributed by atoms with van der Waals surface area (Å²) in [6.07, 6.45) is 0. The minimum atomic E-state index is -0.754. The van der Waals surface area contributed by atoms with Crippen molar-refractivity contribution < 1.29 is 19.2 Å². The van der Waals surface area contributed by atoms with Gasteiger partial charge in [0.25, 0.3) is 5.91 Å². The number of nitrogens with one attached hydrogen (secondary N) is 1. The molecule has 0 spiro atoms. The second kappa shape index (κ2) is 9.45. The summed E-state index contributed by atoms with van der Waals surface area (Å²) in [4.78, 5) is 34.4. The molecule has 1 N–H and O–H groups in total. The normalized spacial score (nSPS) is 12.1. The Balaban J connectivity index is 1.96. The number of hydrogen-bond acceptors (Lipinski definition) is 6.